The molecule has 0 saturated carbocycles. The second kappa shape index (κ2) is 6.86. The highest BCUT2D eigenvalue weighted by Gasteiger charge is 2.08. The van der Waals surface area contributed by atoms with Crippen LogP contribution in [0.3, 0.4) is 0 Å². The number of rotatable bonds is 4. The van der Waals surface area contributed by atoms with Crippen LogP contribution in [0.2, 0.25) is 0 Å². The van der Waals surface area contributed by atoms with Crippen molar-refractivity contribution in [1.82, 2.24) is 4.90 Å². The van der Waals surface area contributed by atoms with Gasteiger partial charge >= 0.3 is 0 Å². The minimum Gasteiger partial charge on any atom is -1.00 e. The van der Waals surface area contributed by atoms with Gasteiger partial charge in [-0.05, 0) is 32.0 Å². The molecule has 1 rings (SSSR count). The first-order valence-corrected chi connectivity index (χ1v) is 4.93. The molecule has 0 fully saturated rings. The lowest BCUT2D eigenvalue weighted by Crippen LogP contribution is -3.00. The Morgan fingerprint density at radius 1 is 1.14 bits per heavy atom. The summed E-state index contributed by atoms with van der Waals surface area (Å²) in [6, 6.07) is 10.8. The van der Waals surface area contributed by atoms with E-state index < -0.39 is 0 Å². The predicted octanol–water partition coefficient (Wildman–Crippen LogP) is -0.254. The predicted molar refractivity (Wildman–Crippen MR) is 58.0 cm³/mol. The third-order valence-corrected chi connectivity index (χ3v) is 2.35. The highest BCUT2D eigenvalue weighted by molar-refractivity contribution is 5.19. The number of halogens is 1. The van der Waals surface area contributed by atoms with Crippen molar-refractivity contribution in [3.63, 3.8) is 0 Å². The van der Waals surface area contributed by atoms with Gasteiger partial charge in [-0.15, -0.1) is 0 Å². The molecule has 1 nitrogen and oxygen atoms in total. The molecule has 0 spiro atoms. The van der Waals surface area contributed by atoms with Gasteiger partial charge in [0.25, 0.3) is 0 Å². The van der Waals surface area contributed by atoms with E-state index in [9.17, 15) is 0 Å². The highest BCUT2D eigenvalue weighted by atomic mass is 35.5. The average Bonchev–Trinajstić information content (AvgIpc) is 2.15. The Morgan fingerprint density at radius 2 is 1.71 bits per heavy atom. The van der Waals surface area contributed by atoms with Gasteiger partial charge in [0.1, 0.15) is 0 Å². The summed E-state index contributed by atoms with van der Waals surface area (Å²) in [4.78, 5) is 2.25. The van der Waals surface area contributed by atoms with E-state index in [-0.39, 0.29) is 12.4 Å². The number of benzene rings is 1. The van der Waals surface area contributed by atoms with Crippen LogP contribution >= 0.6 is 0 Å². The van der Waals surface area contributed by atoms with Gasteiger partial charge in [0.15, 0.2) is 0 Å². The lowest BCUT2D eigenvalue weighted by Gasteiger charge is -2.19. The first-order chi connectivity index (χ1) is 6.24. The molecule has 1 aromatic rings. The van der Waals surface area contributed by atoms with E-state index in [1.54, 1.807) is 0 Å². The van der Waals surface area contributed by atoms with E-state index >= 15 is 0 Å². The first kappa shape index (κ1) is 13.5. The molecule has 2 heteroatoms. The third-order valence-electron chi connectivity index (χ3n) is 2.35. The van der Waals surface area contributed by atoms with E-state index in [0.29, 0.717) is 5.92 Å². The zero-order chi connectivity index (χ0) is 9.68. The summed E-state index contributed by atoms with van der Waals surface area (Å²) >= 11 is 0. The largest absolute Gasteiger partial charge is 1.00 e. The molecule has 1 aromatic carbocycles. The molecule has 0 aromatic heterocycles. The minimum absolute atomic E-state index is 0. The topological polar surface area (TPSA) is 3.24 Å². The Kier molecular flexibility index (Phi) is 6.60. The normalized spacial score (nSPS) is 12.3. The molecular weight excluding hydrogens is 194 g/mol. The van der Waals surface area contributed by atoms with Crippen LogP contribution in [0.1, 0.15) is 24.8 Å². The molecule has 0 bridgehead atoms. The van der Waals surface area contributed by atoms with Gasteiger partial charge in [-0.2, -0.15) is 0 Å². The number of hydrogen-bond donors (Lipinski definition) is 0. The zero-order valence-corrected chi connectivity index (χ0v) is 9.96. The minimum atomic E-state index is 0. The molecule has 0 aliphatic carbocycles. The van der Waals surface area contributed by atoms with Gasteiger partial charge in [0.2, 0.25) is 0 Å². The Balaban J connectivity index is 0.00000169. The van der Waals surface area contributed by atoms with Crippen LogP contribution in [0.25, 0.3) is 0 Å². The zero-order valence-electron chi connectivity index (χ0n) is 9.20. The fourth-order valence-corrected chi connectivity index (χ4v) is 1.64. The average molecular weight is 213 g/mol. The van der Waals surface area contributed by atoms with Crippen LogP contribution < -0.4 is 12.4 Å². The maximum absolute atomic E-state index is 2.25. The van der Waals surface area contributed by atoms with Crippen molar-refractivity contribution < 1.29 is 12.4 Å². The number of likely N-dealkylation sites (N-methyl/N-ethyl adjacent to an activating group) is 1. The van der Waals surface area contributed by atoms with Gasteiger partial charge in [-0.25, -0.2) is 0 Å². The second-order valence-corrected chi connectivity index (χ2v) is 3.78. The van der Waals surface area contributed by atoms with Crippen LogP contribution in [-0.2, 0) is 0 Å². The molecule has 1 atom stereocenters. The van der Waals surface area contributed by atoms with Gasteiger partial charge in [-0.1, -0.05) is 37.3 Å². The maximum Gasteiger partial charge on any atom is 0.00441 e. The van der Waals surface area contributed by atoms with Crippen molar-refractivity contribution in [3.8, 4) is 0 Å². The smallest absolute Gasteiger partial charge is 0.00441 e. The SMILES string of the molecule is CCC(CN(C)C)c1ccccc1.[Cl-]. The lowest BCUT2D eigenvalue weighted by molar-refractivity contribution is -0.00000287. The van der Waals surface area contributed by atoms with E-state index in [1.165, 1.54) is 12.0 Å². The Labute approximate surface area is 93.5 Å². The third kappa shape index (κ3) is 4.12. The van der Waals surface area contributed by atoms with Crippen LogP contribution in [0.15, 0.2) is 30.3 Å². The molecule has 0 saturated heterocycles. The quantitative estimate of drug-likeness (QED) is 0.666. The van der Waals surface area contributed by atoms with Crippen molar-refractivity contribution in [3.05, 3.63) is 35.9 Å². The fourth-order valence-electron chi connectivity index (χ4n) is 1.64. The van der Waals surface area contributed by atoms with Crippen molar-refractivity contribution in [2.75, 3.05) is 20.6 Å². The molecule has 14 heavy (non-hydrogen) atoms. The summed E-state index contributed by atoms with van der Waals surface area (Å²) in [5.41, 5.74) is 1.46. The summed E-state index contributed by atoms with van der Waals surface area (Å²) in [5, 5.41) is 0. The lowest BCUT2D eigenvalue weighted by atomic mass is 9.96. The molecule has 0 heterocycles. The van der Waals surface area contributed by atoms with E-state index in [4.69, 9.17) is 0 Å². The molecule has 0 aliphatic rings. The van der Waals surface area contributed by atoms with Crippen molar-refractivity contribution in [1.29, 1.82) is 0 Å². The molecule has 0 amide bonds. The Hall–Kier alpha value is -0.530. The van der Waals surface area contributed by atoms with Crippen LogP contribution in [-0.4, -0.2) is 25.5 Å². The summed E-state index contributed by atoms with van der Waals surface area (Å²) in [6.45, 7) is 3.39. The van der Waals surface area contributed by atoms with Crippen LogP contribution in [0, 0.1) is 0 Å². The van der Waals surface area contributed by atoms with Crippen LogP contribution in [0.5, 0.6) is 0 Å². The van der Waals surface area contributed by atoms with Crippen molar-refractivity contribution in [2.45, 2.75) is 19.3 Å². The van der Waals surface area contributed by atoms with E-state index in [2.05, 4.69) is 56.3 Å². The van der Waals surface area contributed by atoms with Crippen molar-refractivity contribution in [2.24, 2.45) is 0 Å². The highest BCUT2D eigenvalue weighted by Crippen LogP contribution is 2.19. The summed E-state index contributed by atoms with van der Waals surface area (Å²) < 4.78 is 0. The summed E-state index contributed by atoms with van der Waals surface area (Å²) in [5.74, 6) is 0.677. The monoisotopic (exact) mass is 212 g/mol. The molecular formula is C12H19ClN-. The van der Waals surface area contributed by atoms with Gasteiger partial charge in [0.05, 0.1) is 0 Å². The van der Waals surface area contributed by atoms with Gasteiger partial charge in [-0.3, -0.25) is 0 Å². The Morgan fingerprint density at radius 3 is 2.14 bits per heavy atom. The van der Waals surface area contributed by atoms with E-state index in [1.807, 2.05) is 0 Å². The molecule has 1 unspecified atom stereocenters. The standard InChI is InChI=1S/C12H19N.ClH/c1-4-11(10-13(2)3)12-8-6-5-7-9-12;/h5-9,11H,4,10H2,1-3H3;1H/p-1. The summed E-state index contributed by atoms with van der Waals surface area (Å²) in [7, 11) is 4.26. The first-order valence-electron chi connectivity index (χ1n) is 4.93. The van der Waals surface area contributed by atoms with Crippen LogP contribution in [0.4, 0.5) is 0 Å². The van der Waals surface area contributed by atoms with Gasteiger partial charge in [0, 0.05) is 6.54 Å². The number of nitrogens with zero attached hydrogens (tertiary/aromatic N) is 1. The molecule has 0 N–H and O–H groups in total. The molecule has 80 valence electrons. The van der Waals surface area contributed by atoms with Crippen molar-refractivity contribution >= 4 is 0 Å². The number of hydrogen-bond acceptors (Lipinski definition) is 1. The fraction of sp³-hybridized carbons (Fsp3) is 0.500. The second-order valence-electron chi connectivity index (χ2n) is 3.78. The Bertz CT molecular complexity index is 233. The van der Waals surface area contributed by atoms with Gasteiger partial charge < -0.3 is 17.3 Å². The summed E-state index contributed by atoms with van der Waals surface area (Å²) in [6.07, 6.45) is 1.21. The molecule has 0 aliphatic heterocycles. The molecule has 0 radical (unpaired) electrons. The van der Waals surface area contributed by atoms with E-state index in [0.717, 1.165) is 6.54 Å². The maximum atomic E-state index is 2.25.